The molecule has 2 amide bonds. The number of alkyl halides is 3. The largest absolute Gasteiger partial charge is 0.456 e. The van der Waals surface area contributed by atoms with Gasteiger partial charge in [-0.1, -0.05) is 22.0 Å². The van der Waals surface area contributed by atoms with Gasteiger partial charge in [-0.15, -0.1) is 0 Å². The highest BCUT2D eigenvalue weighted by Crippen LogP contribution is 2.30. The predicted octanol–water partition coefficient (Wildman–Crippen LogP) is 4.99. The number of benzene rings is 2. The third-order valence-electron chi connectivity index (χ3n) is 4.11. The van der Waals surface area contributed by atoms with E-state index in [0.717, 1.165) is 27.7 Å². The van der Waals surface area contributed by atoms with E-state index in [4.69, 9.17) is 4.74 Å². The second kappa shape index (κ2) is 10.4. The third kappa shape index (κ3) is 7.71. The van der Waals surface area contributed by atoms with E-state index >= 15 is 0 Å². The van der Waals surface area contributed by atoms with Crippen molar-refractivity contribution in [3.8, 4) is 0 Å². The number of hydrogen-bond donors (Lipinski definition) is 2. The second-order valence-corrected chi connectivity index (χ2v) is 7.55. The molecule has 0 unspecified atom stereocenters. The Balaban J connectivity index is 1.76. The number of esters is 1. The van der Waals surface area contributed by atoms with Crippen molar-refractivity contribution in [1.82, 2.24) is 0 Å². The Morgan fingerprint density at radius 3 is 2.16 bits per heavy atom. The summed E-state index contributed by atoms with van der Waals surface area (Å²) in [5, 5.41) is 4.91. The first-order valence-corrected chi connectivity index (χ1v) is 9.94. The monoisotopic (exact) mass is 500 g/mol. The van der Waals surface area contributed by atoms with Crippen molar-refractivity contribution in [2.24, 2.45) is 0 Å². The number of halogens is 4. The first-order valence-electron chi connectivity index (χ1n) is 9.15. The van der Waals surface area contributed by atoms with Crippen LogP contribution in [0.2, 0.25) is 0 Å². The number of nitrogens with one attached hydrogen (secondary N) is 2. The van der Waals surface area contributed by atoms with Crippen molar-refractivity contribution >= 4 is 45.1 Å². The van der Waals surface area contributed by atoms with Gasteiger partial charge in [0.05, 0.1) is 12.0 Å². The number of carbonyl (C=O) groups excluding carboxylic acids is 3. The van der Waals surface area contributed by atoms with E-state index in [-0.39, 0.29) is 18.5 Å². The summed E-state index contributed by atoms with van der Waals surface area (Å²) in [6, 6.07) is 7.67. The van der Waals surface area contributed by atoms with Crippen molar-refractivity contribution < 1.29 is 32.3 Å². The minimum atomic E-state index is -4.53. The molecule has 10 heteroatoms. The van der Waals surface area contributed by atoms with Gasteiger partial charge in [-0.2, -0.15) is 13.2 Å². The number of anilines is 2. The lowest BCUT2D eigenvalue weighted by molar-refractivity contribution is -0.147. The summed E-state index contributed by atoms with van der Waals surface area (Å²) < 4.78 is 43.9. The van der Waals surface area contributed by atoms with Crippen LogP contribution in [-0.2, 0) is 25.3 Å². The van der Waals surface area contributed by atoms with E-state index in [2.05, 4.69) is 26.6 Å². The molecule has 2 rings (SSSR count). The lowest BCUT2D eigenvalue weighted by atomic mass is 10.1. The molecule has 2 aromatic rings. The van der Waals surface area contributed by atoms with Crippen LogP contribution in [0.25, 0.3) is 0 Å². The predicted molar refractivity (Wildman–Crippen MR) is 113 cm³/mol. The van der Waals surface area contributed by atoms with Gasteiger partial charge in [0.1, 0.15) is 0 Å². The van der Waals surface area contributed by atoms with E-state index in [0.29, 0.717) is 5.69 Å². The van der Waals surface area contributed by atoms with Gasteiger partial charge in [0, 0.05) is 22.3 Å². The fraction of sp³-hybridized carbons (Fsp3) is 0.286. The van der Waals surface area contributed by atoms with Gasteiger partial charge in [0.25, 0.3) is 5.91 Å². The van der Waals surface area contributed by atoms with Gasteiger partial charge in [-0.05, 0) is 55.3 Å². The number of amides is 2. The molecule has 0 saturated carbocycles. The Kier molecular flexibility index (Phi) is 8.21. The van der Waals surface area contributed by atoms with Crippen LogP contribution in [0.5, 0.6) is 0 Å². The topological polar surface area (TPSA) is 84.5 Å². The fourth-order valence-corrected chi connectivity index (χ4v) is 2.87. The average molecular weight is 501 g/mol. The van der Waals surface area contributed by atoms with Gasteiger partial charge < -0.3 is 15.4 Å². The molecule has 0 radical (unpaired) electrons. The minimum absolute atomic E-state index is 0.0346. The minimum Gasteiger partial charge on any atom is -0.456 e. The molecule has 0 saturated heterocycles. The average Bonchev–Trinajstić information content (AvgIpc) is 2.68. The zero-order valence-electron chi connectivity index (χ0n) is 16.7. The molecule has 0 aliphatic carbocycles. The Labute approximate surface area is 185 Å². The summed E-state index contributed by atoms with van der Waals surface area (Å²) in [4.78, 5) is 35.6. The van der Waals surface area contributed by atoms with Crippen molar-refractivity contribution in [1.29, 1.82) is 0 Å². The van der Waals surface area contributed by atoms with E-state index in [1.807, 2.05) is 13.8 Å². The highest BCUT2D eigenvalue weighted by atomic mass is 79.9. The normalized spacial score (nSPS) is 11.0. The zero-order chi connectivity index (χ0) is 23.2. The van der Waals surface area contributed by atoms with Crippen LogP contribution < -0.4 is 10.6 Å². The Hall–Kier alpha value is -2.88. The Morgan fingerprint density at radius 1 is 0.935 bits per heavy atom. The smallest absolute Gasteiger partial charge is 0.416 e. The van der Waals surface area contributed by atoms with Crippen LogP contribution in [0.1, 0.15) is 29.5 Å². The lowest BCUT2D eigenvalue weighted by Crippen LogP contribution is -2.22. The first-order chi connectivity index (χ1) is 14.5. The van der Waals surface area contributed by atoms with Crippen LogP contribution in [-0.4, -0.2) is 24.4 Å². The van der Waals surface area contributed by atoms with Crippen LogP contribution in [0.3, 0.4) is 0 Å². The fourth-order valence-electron chi connectivity index (χ4n) is 2.65. The highest BCUT2D eigenvalue weighted by molar-refractivity contribution is 9.10. The van der Waals surface area contributed by atoms with Gasteiger partial charge in [-0.25, -0.2) is 0 Å². The molecule has 0 heterocycles. The molecule has 31 heavy (non-hydrogen) atoms. The molecule has 0 atom stereocenters. The van der Waals surface area contributed by atoms with Crippen molar-refractivity contribution in [2.45, 2.75) is 32.9 Å². The second-order valence-electron chi connectivity index (χ2n) is 6.76. The maximum Gasteiger partial charge on any atom is 0.416 e. The number of rotatable bonds is 7. The molecular formula is C21H20BrF3N2O4. The van der Waals surface area contributed by atoms with Crippen LogP contribution in [0, 0.1) is 13.8 Å². The quantitative estimate of drug-likeness (QED) is 0.524. The molecule has 0 fully saturated rings. The summed E-state index contributed by atoms with van der Waals surface area (Å²) in [7, 11) is 0. The highest BCUT2D eigenvalue weighted by Gasteiger charge is 2.30. The van der Waals surface area contributed by atoms with Crippen LogP contribution in [0.15, 0.2) is 40.9 Å². The van der Waals surface area contributed by atoms with E-state index in [1.54, 1.807) is 12.1 Å². The standard InChI is InChI=1S/C21H20BrF3N2O4/c1-12-8-16(9-13(2)20(12)22)27-18(29)11-31-19(30)7-6-17(28)26-15-5-3-4-14(10-15)21(23,24)25/h3-5,8-10H,6-7,11H2,1-2H3,(H,26,28)(H,27,29). The number of aryl methyl sites for hydroxylation is 2. The van der Waals surface area contributed by atoms with Gasteiger partial charge in [0.15, 0.2) is 6.61 Å². The summed E-state index contributed by atoms with van der Waals surface area (Å²) in [5.41, 5.74) is 1.48. The Bertz CT molecular complexity index is 970. The maximum atomic E-state index is 12.7. The van der Waals surface area contributed by atoms with Crippen molar-refractivity contribution in [3.05, 3.63) is 57.6 Å². The molecule has 166 valence electrons. The van der Waals surface area contributed by atoms with E-state index < -0.39 is 36.1 Å². The summed E-state index contributed by atoms with van der Waals surface area (Å²) in [5.74, 6) is -1.97. The third-order valence-corrected chi connectivity index (χ3v) is 5.37. The van der Waals surface area contributed by atoms with Crippen LogP contribution >= 0.6 is 15.9 Å². The maximum absolute atomic E-state index is 12.7. The van der Waals surface area contributed by atoms with Crippen molar-refractivity contribution in [2.75, 3.05) is 17.2 Å². The number of carbonyl (C=O) groups is 3. The van der Waals surface area contributed by atoms with E-state index in [9.17, 15) is 27.6 Å². The molecule has 2 aromatic carbocycles. The van der Waals surface area contributed by atoms with Gasteiger partial charge in [-0.3, -0.25) is 14.4 Å². The SMILES string of the molecule is Cc1cc(NC(=O)COC(=O)CCC(=O)Nc2cccc(C(F)(F)F)c2)cc(C)c1Br. The molecule has 0 aromatic heterocycles. The molecule has 0 aliphatic rings. The van der Waals surface area contributed by atoms with E-state index in [1.165, 1.54) is 12.1 Å². The molecule has 0 bridgehead atoms. The zero-order valence-corrected chi connectivity index (χ0v) is 18.3. The Morgan fingerprint density at radius 2 is 1.55 bits per heavy atom. The van der Waals surface area contributed by atoms with Gasteiger partial charge >= 0.3 is 12.1 Å². The van der Waals surface area contributed by atoms with Gasteiger partial charge in [0.2, 0.25) is 5.91 Å². The molecule has 2 N–H and O–H groups in total. The molecule has 6 nitrogen and oxygen atoms in total. The summed E-state index contributed by atoms with van der Waals surface area (Å²) in [6.07, 6.45) is -5.16. The lowest BCUT2D eigenvalue weighted by Gasteiger charge is -2.11. The van der Waals surface area contributed by atoms with Crippen LogP contribution in [0.4, 0.5) is 24.5 Å². The molecule has 0 spiro atoms. The molecular weight excluding hydrogens is 481 g/mol. The van der Waals surface area contributed by atoms with Crippen molar-refractivity contribution in [3.63, 3.8) is 0 Å². The summed E-state index contributed by atoms with van der Waals surface area (Å²) >= 11 is 3.43. The summed E-state index contributed by atoms with van der Waals surface area (Å²) in [6.45, 7) is 3.22. The number of ether oxygens (including phenoxy) is 1. The molecule has 0 aliphatic heterocycles. The first kappa shape index (κ1) is 24.4. The number of hydrogen-bond acceptors (Lipinski definition) is 4.